The van der Waals surface area contributed by atoms with Crippen molar-refractivity contribution in [2.75, 3.05) is 12.4 Å². The van der Waals surface area contributed by atoms with Crippen molar-refractivity contribution in [3.8, 4) is 5.75 Å². The van der Waals surface area contributed by atoms with E-state index >= 15 is 0 Å². The quantitative estimate of drug-likeness (QED) is 0.663. The van der Waals surface area contributed by atoms with Crippen molar-refractivity contribution in [2.24, 2.45) is 0 Å². The van der Waals surface area contributed by atoms with Gasteiger partial charge in [0, 0.05) is 6.08 Å². The Hall–Kier alpha value is -2.30. The Labute approximate surface area is 118 Å². The second-order valence-electron chi connectivity index (χ2n) is 4.49. The number of carbonyl (C=O) groups excluding carboxylic acids is 2. The molecule has 5 nitrogen and oxygen atoms in total. The number of para-hydroxylation sites is 2. The monoisotopic (exact) mass is 277 g/mol. The Morgan fingerprint density at radius 1 is 1.25 bits per heavy atom. The molecule has 0 aliphatic heterocycles. The van der Waals surface area contributed by atoms with Crippen molar-refractivity contribution >= 4 is 17.6 Å². The molecule has 0 aliphatic rings. The molecule has 0 saturated heterocycles. The average molecular weight is 277 g/mol. The van der Waals surface area contributed by atoms with Gasteiger partial charge in [-0.05, 0) is 32.9 Å². The number of rotatable bonds is 5. The summed E-state index contributed by atoms with van der Waals surface area (Å²) in [5, 5.41) is 2.66. The third-order valence-corrected chi connectivity index (χ3v) is 2.43. The molecule has 0 spiro atoms. The molecule has 1 rings (SSSR count). The van der Waals surface area contributed by atoms with Crippen LogP contribution in [0.2, 0.25) is 0 Å². The Balaban J connectivity index is 2.66. The van der Waals surface area contributed by atoms with E-state index in [9.17, 15) is 9.59 Å². The van der Waals surface area contributed by atoms with Crippen molar-refractivity contribution in [1.29, 1.82) is 0 Å². The van der Waals surface area contributed by atoms with Crippen LogP contribution >= 0.6 is 0 Å². The average Bonchev–Trinajstić information content (AvgIpc) is 2.38. The van der Waals surface area contributed by atoms with Gasteiger partial charge in [0.1, 0.15) is 5.75 Å². The number of amides is 1. The first-order valence-corrected chi connectivity index (χ1v) is 6.23. The topological polar surface area (TPSA) is 64.6 Å². The highest BCUT2D eigenvalue weighted by molar-refractivity contribution is 5.97. The lowest BCUT2D eigenvalue weighted by atomic mass is 10.2. The summed E-state index contributed by atoms with van der Waals surface area (Å²) in [6.07, 6.45) is 0.454. The number of ether oxygens (including phenoxy) is 2. The number of methoxy groups -OCH3 is 1. The summed E-state index contributed by atoms with van der Waals surface area (Å²) < 4.78 is 10.1. The molecule has 0 fully saturated rings. The molecule has 1 atom stereocenters. The van der Waals surface area contributed by atoms with Crippen LogP contribution in [0.3, 0.4) is 0 Å². The molecule has 1 aromatic rings. The van der Waals surface area contributed by atoms with E-state index in [2.05, 4.69) is 5.32 Å². The van der Waals surface area contributed by atoms with Gasteiger partial charge < -0.3 is 14.8 Å². The van der Waals surface area contributed by atoms with Crippen molar-refractivity contribution in [3.05, 3.63) is 35.9 Å². The largest absolute Gasteiger partial charge is 0.495 e. The number of benzene rings is 1. The summed E-state index contributed by atoms with van der Waals surface area (Å²) in [5.74, 6) is -0.402. The lowest BCUT2D eigenvalue weighted by Gasteiger charge is -2.14. The lowest BCUT2D eigenvalue weighted by molar-refractivity contribution is -0.148. The fourth-order valence-corrected chi connectivity index (χ4v) is 1.48. The summed E-state index contributed by atoms with van der Waals surface area (Å²) in [6, 6.07) is 7.02. The standard InChI is InChI=1S/C15H19NO4/c1-10(2)9-14(17)20-11(3)15(18)16-12-7-5-6-8-13(12)19-4/h5-9,11H,1-4H3,(H,16,18)/t11-/m0/s1. The Kier molecular flexibility index (Phi) is 5.77. The van der Waals surface area contributed by atoms with Crippen LogP contribution in [-0.4, -0.2) is 25.1 Å². The Morgan fingerprint density at radius 2 is 1.90 bits per heavy atom. The zero-order valence-electron chi connectivity index (χ0n) is 12.1. The zero-order chi connectivity index (χ0) is 15.1. The number of carbonyl (C=O) groups is 2. The number of nitrogens with one attached hydrogen (secondary N) is 1. The fraction of sp³-hybridized carbons (Fsp3) is 0.333. The van der Waals surface area contributed by atoms with Gasteiger partial charge in [-0.2, -0.15) is 0 Å². The van der Waals surface area contributed by atoms with Crippen LogP contribution in [-0.2, 0) is 14.3 Å². The second-order valence-corrected chi connectivity index (χ2v) is 4.49. The summed E-state index contributed by atoms with van der Waals surface area (Å²) in [4.78, 5) is 23.4. The molecule has 0 heterocycles. The van der Waals surface area contributed by atoms with Crippen LogP contribution in [0.25, 0.3) is 0 Å². The van der Waals surface area contributed by atoms with Gasteiger partial charge in [-0.25, -0.2) is 4.79 Å². The predicted molar refractivity (Wildman–Crippen MR) is 76.6 cm³/mol. The minimum absolute atomic E-state index is 0.412. The highest BCUT2D eigenvalue weighted by Gasteiger charge is 2.18. The van der Waals surface area contributed by atoms with Gasteiger partial charge in [-0.3, -0.25) is 4.79 Å². The van der Waals surface area contributed by atoms with Crippen LogP contribution in [0.5, 0.6) is 5.75 Å². The third kappa shape index (κ3) is 4.76. The fourth-order valence-electron chi connectivity index (χ4n) is 1.48. The first kappa shape index (κ1) is 15.8. The minimum Gasteiger partial charge on any atom is -0.495 e. The number of anilines is 1. The third-order valence-electron chi connectivity index (χ3n) is 2.43. The molecule has 0 bridgehead atoms. The maximum absolute atomic E-state index is 11.9. The molecular formula is C15H19NO4. The van der Waals surface area contributed by atoms with Gasteiger partial charge in [0.05, 0.1) is 12.8 Å². The maximum atomic E-state index is 11.9. The first-order valence-electron chi connectivity index (χ1n) is 6.23. The normalized spacial score (nSPS) is 11.2. The summed E-state index contributed by atoms with van der Waals surface area (Å²) in [5.41, 5.74) is 1.34. The SMILES string of the molecule is COc1ccccc1NC(=O)[C@H](C)OC(=O)C=C(C)C. The van der Waals surface area contributed by atoms with Gasteiger partial charge in [0.15, 0.2) is 6.10 Å². The Bertz CT molecular complexity index is 518. The highest BCUT2D eigenvalue weighted by atomic mass is 16.5. The van der Waals surface area contributed by atoms with Crippen molar-refractivity contribution in [3.63, 3.8) is 0 Å². The van der Waals surface area contributed by atoms with E-state index in [0.29, 0.717) is 11.4 Å². The highest BCUT2D eigenvalue weighted by Crippen LogP contribution is 2.23. The van der Waals surface area contributed by atoms with E-state index in [-0.39, 0.29) is 0 Å². The van der Waals surface area contributed by atoms with Crippen molar-refractivity contribution in [1.82, 2.24) is 0 Å². The van der Waals surface area contributed by atoms with Crippen molar-refractivity contribution in [2.45, 2.75) is 26.9 Å². The van der Waals surface area contributed by atoms with E-state index in [1.807, 2.05) is 0 Å². The zero-order valence-corrected chi connectivity index (χ0v) is 12.1. The van der Waals surface area contributed by atoms with E-state index in [1.165, 1.54) is 20.1 Å². The molecule has 1 aromatic carbocycles. The van der Waals surface area contributed by atoms with Crippen LogP contribution in [0, 0.1) is 0 Å². The van der Waals surface area contributed by atoms with Crippen molar-refractivity contribution < 1.29 is 19.1 Å². The lowest BCUT2D eigenvalue weighted by Crippen LogP contribution is -2.29. The smallest absolute Gasteiger partial charge is 0.331 e. The first-order chi connectivity index (χ1) is 9.43. The van der Waals surface area contributed by atoms with Gasteiger partial charge in [-0.15, -0.1) is 0 Å². The second kappa shape index (κ2) is 7.33. The number of allylic oxidation sites excluding steroid dienone is 1. The number of hydrogen-bond donors (Lipinski definition) is 1. The molecule has 0 saturated carbocycles. The summed E-state index contributed by atoms with van der Waals surface area (Å²) >= 11 is 0. The molecule has 20 heavy (non-hydrogen) atoms. The van der Waals surface area contributed by atoms with E-state index in [1.54, 1.807) is 38.1 Å². The molecule has 108 valence electrons. The molecule has 1 amide bonds. The van der Waals surface area contributed by atoms with Gasteiger partial charge >= 0.3 is 5.97 Å². The number of hydrogen-bond acceptors (Lipinski definition) is 4. The van der Waals surface area contributed by atoms with E-state index in [0.717, 1.165) is 5.57 Å². The van der Waals surface area contributed by atoms with Gasteiger partial charge in [-0.1, -0.05) is 17.7 Å². The molecule has 1 N–H and O–H groups in total. The van der Waals surface area contributed by atoms with Gasteiger partial charge in [0.25, 0.3) is 5.91 Å². The predicted octanol–water partition coefficient (Wildman–Crippen LogP) is 2.53. The number of esters is 1. The molecule has 0 radical (unpaired) electrons. The summed E-state index contributed by atoms with van der Waals surface area (Å²) in [7, 11) is 1.52. The molecule has 0 aliphatic carbocycles. The van der Waals surface area contributed by atoms with Crippen LogP contribution in [0.4, 0.5) is 5.69 Å². The maximum Gasteiger partial charge on any atom is 0.331 e. The molecule has 0 aromatic heterocycles. The van der Waals surface area contributed by atoms with Gasteiger partial charge in [0.2, 0.25) is 0 Å². The Morgan fingerprint density at radius 3 is 2.50 bits per heavy atom. The molecule has 0 unspecified atom stereocenters. The van der Waals surface area contributed by atoms with Crippen LogP contribution in [0.1, 0.15) is 20.8 Å². The van der Waals surface area contributed by atoms with Crippen LogP contribution in [0.15, 0.2) is 35.9 Å². The summed E-state index contributed by atoms with van der Waals surface area (Å²) in [6.45, 7) is 5.07. The molecule has 5 heteroatoms. The van der Waals surface area contributed by atoms with E-state index < -0.39 is 18.0 Å². The molecular weight excluding hydrogens is 258 g/mol. The van der Waals surface area contributed by atoms with E-state index in [4.69, 9.17) is 9.47 Å². The minimum atomic E-state index is -0.886. The van der Waals surface area contributed by atoms with Crippen LogP contribution < -0.4 is 10.1 Å².